The highest BCUT2D eigenvalue weighted by atomic mass is 28.4. The number of nitrogens with zero attached hydrogens (tertiary/aromatic N) is 1. The molecule has 0 N–H and O–H groups in total. The van der Waals surface area contributed by atoms with Crippen LogP contribution in [-0.4, -0.2) is 14.9 Å². The summed E-state index contributed by atoms with van der Waals surface area (Å²) in [5.74, 6) is 0.351. The van der Waals surface area contributed by atoms with Gasteiger partial charge in [-0.05, 0) is 30.1 Å². The highest BCUT2D eigenvalue weighted by Gasteiger charge is 2.56. The van der Waals surface area contributed by atoms with Crippen LogP contribution in [0.5, 0.6) is 0 Å². The van der Waals surface area contributed by atoms with Gasteiger partial charge in [-0.15, -0.1) is 0 Å². The average molecular weight is 287 g/mol. The quantitative estimate of drug-likeness (QED) is 0.764. The van der Waals surface area contributed by atoms with Gasteiger partial charge in [-0.1, -0.05) is 51.1 Å². The van der Waals surface area contributed by atoms with Gasteiger partial charge in [0.05, 0.1) is 11.5 Å². The highest BCUT2D eigenvalue weighted by Crippen LogP contribution is 2.54. The molecule has 20 heavy (non-hydrogen) atoms. The highest BCUT2D eigenvalue weighted by molar-refractivity contribution is 6.74. The molecule has 3 heteroatoms. The fourth-order valence-electron chi connectivity index (χ4n) is 2.35. The topological polar surface area (TPSA) is 33.0 Å². The molecular weight excluding hydrogens is 262 g/mol. The average Bonchev–Trinajstić information content (AvgIpc) is 3.11. The Hall–Kier alpha value is -1.11. The summed E-state index contributed by atoms with van der Waals surface area (Å²) in [7, 11) is -1.71. The lowest BCUT2D eigenvalue weighted by Gasteiger charge is -2.36. The van der Waals surface area contributed by atoms with Crippen LogP contribution in [0.25, 0.3) is 0 Å². The summed E-state index contributed by atoms with van der Waals surface area (Å²) in [6.45, 7) is 12.0. The van der Waals surface area contributed by atoms with Crippen molar-refractivity contribution in [1.29, 1.82) is 5.26 Å². The Bertz CT molecular complexity index is 512. The SMILES string of the molecule is CC(C)(C)[Si](C)(C)OC[C@@H]1C[C@@]1(C#N)c1ccccc1. The van der Waals surface area contributed by atoms with E-state index in [1.165, 1.54) is 0 Å². The van der Waals surface area contributed by atoms with E-state index in [1.54, 1.807) is 0 Å². The Labute approximate surface area is 123 Å². The van der Waals surface area contributed by atoms with Gasteiger partial charge >= 0.3 is 0 Å². The Balaban J connectivity index is 2.03. The molecule has 0 saturated heterocycles. The molecule has 0 spiro atoms. The molecule has 2 rings (SSSR count). The summed E-state index contributed by atoms with van der Waals surface area (Å²) < 4.78 is 6.28. The lowest BCUT2D eigenvalue weighted by molar-refractivity contribution is 0.265. The second-order valence-corrected chi connectivity index (χ2v) is 12.2. The zero-order valence-electron chi connectivity index (χ0n) is 13.2. The van der Waals surface area contributed by atoms with Gasteiger partial charge in [0.1, 0.15) is 0 Å². The molecule has 0 aliphatic heterocycles. The summed E-state index contributed by atoms with van der Waals surface area (Å²) in [5.41, 5.74) is 0.843. The van der Waals surface area contributed by atoms with E-state index in [0.717, 1.165) is 18.6 Å². The Morgan fingerprint density at radius 2 is 1.90 bits per heavy atom. The number of benzene rings is 1. The molecule has 0 aromatic heterocycles. The van der Waals surface area contributed by atoms with Crippen molar-refractivity contribution in [2.75, 3.05) is 6.61 Å². The molecule has 1 aliphatic carbocycles. The predicted octanol–water partition coefficient (Wildman–Crippen LogP) is 4.49. The van der Waals surface area contributed by atoms with Gasteiger partial charge in [-0.25, -0.2) is 0 Å². The lowest BCUT2D eigenvalue weighted by Crippen LogP contribution is -2.41. The molecule has 0 bridgehead atoms. The van der Waals surface area contributed by atoms with Gasteiger partial charge in [0, 0.05) is 12.5 Å². The van der Waals surface area contributed by atoms with E-state index >= 15 is 0 Å². The largest absolute Gasteiger partial charge is 0.416 e. The molecule has 0 amide bonds. The number of nitriles is 1. The van der Waals surface area contributed by atoms with Gasteiger partial charge in [-0.3, -0.25) is 0 Å². The van der Waals surface area contributed by atoms with Gasteiger partial charge in [0.25, 0.3) is 0 Å². The van der Waals surface area contributed by atoms with E-state index in [1.807, 2.05) is 18.2 Å². The van der Waals surface area contributed by atoms with Gasteiger partial charge < -0.3 is 4.43 Å². The fourth-order valence-corrected chi connectivity index (χ4v) is 3.40. The molecule has 1 aromatic carbocycles. The molecule has 2 nitrogen and oxygen atoms in total. The van der Waals surface area contributed by atoms with E-state index in [0.29, 0.717) is 5.92 Å². The molecule has 1 fully saturated rings. The van der Waals surface area contributed by atoms with Crippen molar-refractivity contribution >= 4 is 8.32 Å². The van der Waals surface area contributed by atoms with Crippen LogP contribution in [0.2, 0.25) is 18.1 Å². The smallest absolute Gasteiger partial charge is 0.191 e. The van der Waals surface area contributed by atoms with Crippen LogP contribution in [0, 0.1) is 17.2 Å². The standard InChI is InChI=1S/C17H25NOSi/c1-16(2,3)20(4,5)19-12-15-11-17(15,13-18)14-9-7-6-8-10-14/h6-10,15H,11-12H2,1-5H3/t15-,17+/m0/s1. The van der Waals surface area contributed by atoms with Gasteiger partial charge in [0.2, 0.25) is 0 Å². The molecule has 2 atom stereocenters. The molecule has 0 radical (unpaired) electrons. The summed E-state index contributed by atoms with van der Waals surface area (Å²) in [6, 6.07) is 12.7. The van der Waals surface area contributed by atoms with Crippen LogP contribution >= 0.6 is 0 Å². The monoisotopic (exact) mass is 287 g/mol. The van der Waals surface area contributed by atoms with Crippen molar-refractivity contribution in [3.63, 3.8) is 0 Å². The molecular formula is C17H25NOSi. The number of hydrogen-bond donors (Lipinski definition) is 0. The second kappa shape index (κ2) is 5.02. The Kier molecular flexibility index (Phi) is 3.83. The van der Waals surface area contributed by atoms with Crippen molar-refractivity contribution in [2.45, 2.75) is 50.7 Å². The van der Waals surface area contributed by atoms with Crippen LogP contribution in [0.3, 0.4) is 0 Å². The predicted molar refractivity (Wildman–Crippen MR) is 85.0 cm³/mol. The van der Waals surface area contributed by atoms with Crippen molar-refractivity contribution in [3.8, 4) is 6.07 Å². The normalized spacial score (nSPS) is 26.1. The van der Waals surface area contributed by atoms with Crippen LogP contribution in [0.4, 0.5) is 0 Å². The van der Waals surface area contributed by atoms with Crippen molar-refractivity contribution in [3.05, 3.63) is 35.9 Å². The van der Waals surface area contributed by atoms with E-state index in [-0.39, 0.29) is 10.5 Å². The molecule has 1 aromatic rings. The minimum atomic E-state index is -1.71. The first-order chi connectivity index (χ1) is 9.23. The van der Waals surface area contributed by atoms with Gasteiger partial charge in [0.15, 0.2) is 8.32 Å². The minimum absolute atomic E-state index is 0.226. The zero-order chi connectivity index (χ0) is 15.0. The van der Waals surface area contributed by atoms with Crippen LogP contribution in [0.1, 0.15) is 32.8 Å². The third-order valence-corrected chi connectivity index (χ3v) is 9.55. The molecule has 1 aliphatic rings. The first-order valence-corrected chi connectivity index (χ1v) is 10.2. The summed E-state index contributed by atoms with van der Waals surface area (Å²) >= 11 is 0. The molecule has 0 unspecified atom stereocenters. The van der Waals surface area contributed by atoms with Crippen molar-refractivity contribution in [1.82, 2.24) is 0 Å². The van der Waals surface area contributed by atoms with Gasteiger partial charge in [-0.2, -0.15) is 5.26 Å². The number of hydrogen-bond acceptors (Lipinski definition) is 2. The van der Waals surface area contributed by atoms with Crippen LogP contribution in [0.15, 0.2) is 30.3 Å². The van der Waals surface area contributed by atoms with Crippen LogP contribution in [-0.2, 0) is 9.84 Å². The minimum Gasteiger partial charge on any atom is -0.416 e. The fraction of sp³-hybridized carbons (Fsp3) is 0.588. The van der Waals surface area contributed by atoms with Crippen molar-refractivity contribution in [2.24, 2.45) is 5.92 Å². The van der Waals surface area contributed by atoms with E-state index in [9.17, 15) is 5.26 Å². The maximum Gasteiger partial charge on any atom is 0.191 e. The molecule has 0 heterocycles. The van der Waals surface area contributed by atoms with Crippen molar-refractivity contribution < 1.29 is 4.43 Å². The van der Waals surface area contributed by atoms with E-state index < -0.39 is 8.32 Å². The number of rotatable bonds is 4. The first kappa shape index (κ1) is 15.3. The molecule has 1 saturated carbocycles. The summed E-state index contributed by atoms with van der Waals surface area (Å²) in [5, 5.41) is 9.80. The van der Waals surface area contributed by atoms with E-state index in [4.69, 9.17) is 4.43 Å². The second-order valence-electron chi connectivity index (χ2n) is 7.42. The zero-order valence-corrected chi connectivity index (χ0v) is 14.2. The van der Waals surface area contributed by atoms with Crippen LogP contribution < -0.4 is 0 Å². The lowest BCUT2D eigenvalue weighted by atomic mass is 9.95. The maximum atomic E-state index is 9.58. The third kappa shape index (κ3) is 2.68. The summed E-state index contributed by atoms with van der Waals surface area (Å²) in [4.78, 5) is 0. The molecule has 108 valence electrons. The van der Waals surface area contributed by atoms with E-state index in [2.05, 4.69) is 52.1 Å². The Morgan fingerprint density at radius 3 is 2.40 bits per heavy atom. The summed E-state index contributed by atoms with van der Waals surface area (Å²) in [6.07, 6.45) is 0.933. The maximum absolute atomic E-state index is 9.58. The first-order valence-electron chi connectivity index (χ1n) is 7.34. The third-order valence-electron chi connectivity index (χ3n) is 5.05. The Morgan fingerprint density at radius 1 is 1.30 bits per heavy atom.